The summed E-state index contributed by atoms with van der Waals surface area (Å²) in [4.78, 5) is 0. The minimum Gasteiger partial charge on any atom is -0.362 e. The normalized spacial score (nSPS) is 85.1. The molecule has 2 saturated heterocycles. The van der Waals surface area contributed by atoms with Crippen LogP contribution in [0.5, 0.6) is 0 Å². The van der Waals surface area contributed by atoms with Gasteiger partial charge in [-0.15, -0.1) is 0 Å². The molecule has 9 fully saturated rings. The summed E-state index contributed by atoms with van der Waals surface area (Å²) >= 11 is 0. The molecule has 0 aromatic rings. The monoisotopic (exact) mass is 296 g/mol. The third-order valence-corrected chi connectivity index (χ3v) is 11.3. The van der Waals surface area contributed by atoms with E-state index in [0.717, 1.165) is 47.3 Å². The first-order valence-electron chi connectivity index (χ1n) is 10.2. The Morgan fingerprint density at radius 1 is 0.500 bits per heavy atom. The summed E-state index contributed by atoms with van der Waals surface area (Å²) in [6.45, 7) is 0. The van der Waals surface area contributed by atoms with Crippen molar-refractivity contribution in [2.45, 2.75) is 73.8 Å². The lowest BCUT2D eigenvalue weighted by Gasteiger charge is -2.28. The summed E-state index contributed by atoms with van der Waals surface area (Å²) < 4.78 is 13.9. The van der Waals surface area contributed by atoms with Gasteiger partial charge in [-0.25, -0.2) is 0 Å². The van der Waals surface area contributed by atoms with E-state index in [4.69, 9.17) is 9.47 Å². The SMILES string of the molecule is C1CC2C3C4C[C@]5(O[C@@]56CC5C[C@]7(O[C@]27C4)C2CCC6C52)C13. The van der Waals surface area contributed by atoms with Gasteiger partial charge in [0.15, 0.2) is 0 Å². The van der Waals surface area contributed by atoms with Crippen molar-refractivity contribution >= 4 is 0 Å². The van der Waals surface area contributed by atoms with Crippen molar-refractivity contribution in [3.8, 4) is 0 Å². The Labute approximate surface area is 131 Å². The van der Waals surface area contributed by atoms with Crippen LogP contribution in [0, 0.1) is 47.3 Å². The van der Waals surface area contributed by atoms with E-state index in [2.05, 4.69) is 0 Å². The van der Waals surface area contributed by atoms with Gasteiger partial charge in [-0.2, -0.15) is 0 Å². The van der Waals surface area contributed by atoms with Crippen LogP contribution in [-0.2, 0) is 9.47 Å². The first-order chi connectivity index (χ1) is 10.7. The molecule has 2 heteroatoms. The Morgan fingerprint density at radius 2 is 0.818 bits per heavy atom. The molecule has 0 amide bonds. The zero-order chi connectivity index (χ0) is 13.7. The second-order valence-electron chi connectivity index (χ2n) is 10.8. The van der Waals surface area contributed by atoms with E-state index >= 15 is 0 Å². The molecule has 0 aromatic heterocycles. The van der Waals surface area contributed by atoms with Gasteiger partial charge in [-0.1, -0.05) is 0 Å². The summed E-state index contributed by atoms with van der Waals surface area (Å²) in [5.41, 5.74) is 1.49. The van der Waals surface area contributed by atoms with Gasteiger partial charge in [0.05, 0.1) is 0 Å². The standard InChI is InChI=1S/C20H24O2/c1-2-12-15-9-5-17(11(1)15)19(21-17)7-10-8-20(18(12,6-9)22-20)14-4-3-13(19)16(10)14/h9-16H,1-8H2/t9?,10?,11?,12?,13?,14?,15?,16?,17-,18+,19+,20-. The highest BCUT2D eigenvalue weighted by Crippen LogP contribution is 2.89. The van der Waals surface area contributed by atoms with Gasteiger partial charge >= 0.3 is 0 Å². The molecule has 9 rings (SSSR count). The van der Waals surface area contributed by atoms with Gasteiger partial charge in [-0.05, 0) is 98.7 Å². The zero-order valence-corrected chi connectivity index (χ0v) is 13.1. The fraction of sp³-hybridized carbons (Fsp3) is 1.00. The lowest BCUT2D eigenvalue weighted by atomic mass is 9.70. The molecular formula is C20H24O2. The molecule has 4 spiro atoms. The van der Waals surface area contributed by atoms with Crippen molar-refractivity contribution in [1.29, 1.82) is 0 Å². The van der Waals surface area contributed by atoms with Crippen molar-refractivity contribution < 1.29 is 9.47 Å². The second kappa shape index (κ2) is 2.47. The van der Waals surface area contributed by atoms with Crippen LogP contribution in [0.2, 0.25) is 0 Å². The predicted octanol–water partition coefficient (Wildman–Crippen LogP) is 3.15. The third-order valence-electron chi connectivity index (χ3n) is 11.3. The summed E-state index contributed by atoms with van der Waals surface area (Å²) in [6.07, 6.45) is 11.6. The molecule has 9 aliphatic rings. The summed E-state index contributed by atoms with van der Waals surface area (Å²) in [7, 11) is 0. The van der Waals surface area contributed by atoms with Crippen LogP contribution in [0.25, 0.3) is 0 Å². The van der Waals surface area contributed by atoms with E-state index in [1.54, 1.807) is 0 Å². The van der Waals surface area contributed by atoms with Gasteiger partial charge < -0.3 is 9.47 Å². The van der Waals surface area contributed by atoms with Gasteiger partial charge in [0.1, 0.15) is 22.4 Å². The number of rotatable bonds is 0. The number of hydrogen-bond donors (Lipinski definition) is 0. The minimum absolute atomic E-state index is 0.372. The van der Waals surface area contributed by atoms with Crippen molar-refractivity contribution in [3.63, 3.8) is 0 Å². The summed E-state index contributed by atoms with van der Waals surface area (Å²) in [5.74, 6) is 7.64. The maximum absolute atomic E-state index is 6.96. The Hall–Kier alpha value is -0.0800. The third kappa shape index (κ3) is 0.660. The fourth-order valence-electron chi connectivity index (χ4n) is 11.4. The van der Waals surface area contributed by atoms with Crippen LogP contribution in [0.4, 0.5) is 0 Å². The quantitative estimate of drug-likeness (QED) is 0.642. The molecule has 10 bridgehead atoms. The van der Waals surface area contributed by atoms with Crippen molar-refractivity contribution in [2.24, 2.45) is 47.3 Å². The molecule has 2 nitrogen and oxygen atoms in total. The van der Waals surface area contributed by atoms with Gasteiger partial charge in [0, 0.05) is 0 Å². The van der Waals surface area contributed by atoms with Crippen LogP contribution in [0.1, 0.15) is 51.4 Å². The van der Waals surface area contributed by atoms with E-state index in [1.165, 1.54) is 51.4 Å². The van der Waals surface area contributed by atoms with E-state index < -0.39 is 0 Å². The maximum atomic E-state index is 6.96. The van der Waals surface area contributed by atoms with Gasteiger partial charge in [0.25, 0.3) is 0 Å². The topological polar surface area (TPSA) is 25.1 Å². The Kier molecular flexibility index (Phi) is 1.21. The molecule has 7 aliphatic carbocycles. The molecule has 0 aromatic carbocycles. The van der Waals surface area contributed by atoms with Crippen LogP contribution in [0.15, 0.2) is 0 Å². The molecule has 2 aliphatic heterocycles. The number of hydrogen-bond acceptors (Lipinski definition) is 2. The highest BCUT2D eigenvalue weighted by atomic mass is 16.6. The Morgan fingerprint density at radius 3 is 1.14 bits per heavy atom. The average molecular weight is 296 g/mol. The molecule has 12 atom stereocenters. The highest BCUT2D eigenvalue weighted by molar-refractivity contribution is 5.43. The smallest absolute Gasteiger partial charge is 0.102 e. The first-order valence-corrected chi connectivity index (χ1v) is 10.2. The van der Waals surface area contributed by atoms with Crippen molar-refractivity contribution in [1.82, 2.24) is 0 Å². The molecule has 116 valence electrons. The van der Waals surface area contributed by atoms with E-state index in [1.807, 2.05) is 0 Å². The molecule has 0 N–H and O–H groups in total. The molecular weight excluding hydrogens is 272 g/mol. The van der Waals surface area contributed by atoms with E-state index in [9.17, 15) is 0 Å². The summed E-state index contributed by atoms with van der Waals surface area (Å²) in [5, 5.41) is 0. The van der Waals surface area contributed by atoms with E-state index in [-0.39, 0.29) is 0 Å². The van der Waals surface area contributed by atoms with Crippen LogP contribution >= 0.6 is 0 Å². The molecule has 8 unspecified atom stereocenters. The largest absolute Gasteiger partial charge is 0.362 e. The zero-order valence-electron chi connectivity index (χ0n) is 13.1. The molecule has 22 heavy (non-hydrogen) atoms. The Bertz CT molecular complexity index is 579. The second-order valence-corrected chi connectivity index (χ2v) is 10.8. The van der Waals surface area contributed by atoms with Crippen LogP contribution in [0.3, 0.4) is 0 Å². The van der Waals surface area contributed by atoms with Gasteiger partial charge in [0.2, 0.25) is 0 Å². The molecule has 0 radical (unpaired) electrons. The summed E-state index contributed by atoms with van der Waals surface area (Å²) in [6, 6.07) is 0. The minimum atomic E-state index is 0.372. The molecule has 2 heterocycles. The predicted molar refractivity (Wildman–Crippen MR) is 78.0 cm³/mol. The lowest BCUT2D eigenvalue weighted by Crippen LogP contribution is -2.39. The fourth-order valence-corrected chi connectivity index (χ4v) is 11.4. The lowest BCUT2D eigenvalue weighted by molar-refractivity contribution is 0.175. The van der Waals surface area contributed by atoms with Crippen LogP contribution < -0.4 is 0 Å². The number of epoxide rings is 2. The first kappa shape index (κ1) is 10.7. The molecule has 7 saturated carbocycles. The highest BCUT2D eigenvalue weighted by Gasteiger charge is 2.95. The van der Waals surface area contributed by atoms with Crippen molar-refractivity contribution in [3.05, 3.63) is 0 Å². The van der Waals surface area contributed by atoms with E-state index in [0.29, 0.717) is 22.4 Å². The van der Waals surface area contributed by atoms with Crippen molar-refractivity contribution in [2.75, 3.05) is 0 Å². The number of ether oxygens (including phenoxy) is 2. The van der Waals surface area contributed by atoms with Crippen LogP contribution in [-0.4, -0.2) is 22.4 Å². The maximum Gasteiger partial charge on any atom is 0.102 e. The Balaban J connectivity index is 1.42. The van der Waals surface area contributed by atoms with Gasteiger partial charge in [-0.3, -0.25) is 0 Å². The average Bonchev–Trinajstić information content (AvgIpc) is 2.91.